The molecule has 0 saturated heterocycles. The number of para-hydroxylation sites is 9. The van der Waals surface area contributed by atoms with Gasteiger partial charge in [0.25, 0.3) is 0 Å². The average molecular weight is 1310 g/mol. The summed E-state index contributed by atoms with van der Waals surface area (Å²) < 4.78 is 7.07. The van der Waals surface area contributed by atoms with E-state index in [-0.39, 0.29) is 0 Å². The molecule has 0 aliphatic rings. The van der Waals surface area contributed by atoms with Crippen LogP contribution in [0.2, 0.25) is 0 Å². The van der Waals surface area contributed by atoms with Crippen LogP contribution in [0.25, 0.3) is 117 Å². The zero-order chi connectivity index (χ0) is 67.5. The molecule has 0 amide bonds. The summed E-state index contributed by atoms with van der Waals surface area (Å²) >= 11 is 0. The molecular weight excluding hydrogens is 1240 g/mol. The number of benzene rings is 15. The Morgan fingerprint density at radius 3 is 0.637 bits per heavy atom. The SMILES string of the molecule is c1ccc(N(c2ccc(-c3nc(-c4ccc(N(c5ccccc5)c5ccc6c(c5)c5ccccc5n6-c5ccccc5)cc4)nc(-c4ccc(N(c5ccccc5)c5ccc6c(c5)c5ccccc5n6-c5ccccc5)cc4)n3)cc2)c2ccc3c(c2)c2ccccc2n3-c2ccccc2)cc1. The van der Waals surface area contributed by atoms with Crippen LogP contribution in [-0.4, -0.2) is 28.7 Å². The highest BCUT2D eigenvalue weighted by molar-refractivity contribution is 6.13. The van der Waals surface area contributed by atoms with E-state index in [1.54, 1.807) is 0 Å². The summed E-state index contributed by atoms with van der Waals surface area (Å²) in [7, 11) is 0. The number of aromatic nitrogens is 6. The monoisotopic (exact) mass is 1310 g/mol. The maximum atomic E-state index is 5.39. The van der Waals surface area contributed by atoms with Gasteiger partial charge in [0, 0.05) is 117 Å². The zero-order valence-electron chi connectivity index (χ0n) is 55.4. The third kappa shape index (κ3) is 10.5. The van der Waals surface area contributed by atoms with E-state index in [2.05, 4.69) is 411 Å². The maximum Gasteiger partial charge on any atom is 0.164 e. The molecule has 9 heteroatoms. The van der Waals surface area contributed by atoms with Crippen molar-refractivity contribution in [2.24, 2.45) is 0 Å². The van der Waals surface area contributed by atoms with Gasteiger partial charge < -0.3 is 28.4 Å². The van der Waals surface area contributed by atoms with Crippen molar-refractivity contribution in [3.63, 3.8) is 0 Å². The van der Waals surface area contributed by atoms with Crippen LogP contribution in [0.15, 0.2) is 382 Å². The van der Waals surface area contributed by atoms with Gasteiger partial charge in [0.2, 0.25) is 0 Å². The van der Waals surface area contributed by atoms with Gasteiger partial charge in [0.15, 0.2) is 17.5 Å². The fourth-order valence-electron chi connectivity index (χ4n) is 15.0. The molecule has 0 aliphatic carbocycles. The van der Waals surface area contributed by atoms with Gasteiger partial charge in [0.05, 0.1) is 33.1 Å². The molecule has 4 aromatic heterocycles. The smallest absolute Gasteiger partial charge is 0.164 e. The molecule has 102 heavy (non-hydrogen) atoms. The van der Waals surface area contributed by atoms with Crippen molar-refractivity contribution < 1.29 is 0 Å². The normalized spacial score (nSPS) is 11.5. The van der Waals surface area contributed by atoms with Gasteiger partial charge in [-0.2, -0.15) is 0 Å². The van der Waals surface area contributed by atoms with Crippen LogP contribution in [0.1, 0.15) is 0 Å². The molecule has 0 radical (unpaired) electrons. The Labute approximate surface area is 589 Å². The number of rotatable bonds is 15. The minimum atomic E-state index is 0.555. The average Bonchev–Trinajstić information content (AvgIpc) is 1.60. The number of fused-ring (bicyclic) bond motifs is 9. The third-order valence-corrected chi connectivity index (χ3v) is 19.6. The highest BCUT2D eigenvalue weighted by atomic mass is 15.2. The largest absolute Gasteiger partial charge is 0.310 e. The summed E-state index contributed by atoms with van der Waals surface area (Å²) in [6.45, 7) is 0. The van der Waals surface area contributed by atoms with E-state index in [0.717, 1.165) is 118 Å². The molecular formula is C93H63N9. The first-order valence-corrected chi connectivity index (χ1v) is 34.5. The van der Waals surface area contributed by atoms with Crippen molar-refractivity contribution in [3.8, 4) is 51.2 Å². The van der Waals surface area contributed by atoms with E-state index in [4.69, 9.17) is 15.0 Å². The van der Waals surface area contributed by atoms with Crippen LogP contribution in [0.4, 0.5) is 51.2 Å². The highest BCUT2D eigenvalue weighted by Gasteiger charge is 2.23. The Balaban J connectivity index is 0.724. The van der Waals surface area contributed by atoms with Crippen LogP contribution in [-0.2, 0) is 0 Å². The van der Waals surface area contributed by atoms with Crippen molar-refractivity contribution >= 4 is 117 Å². The first-order chi connectivity index (χ1) is 50.6. The summed E-state index contributed by atoms with van der Waals surface area (Å²) in [6, 6.07) is 136. The predicted molar refractivity (Wildman–Crippen MR) is 423 cm³/mol. The Morgan fingerprint density at radius 2 is 0.373 bits per heavy atom. The second kappa shape index (κ2) is 25.2. The number of hydrogen-bond acceptors (Lipinski definition) is 6. The molecule has 0 fully saturated rings. The van der Waals surface area contributed by atoms with Gasteiger partial charge in [0.1, 0.15) is 0 Å². The molecule has 15 aromatic carbocycles. The zero-order valence-corrected chi connectivity index (χ0v) is 55.4. The van der Waals surface area contributed by atoms with E-state index in [9.17, 15) is 0 Å². The van der Waals surface area contributed by atoms with E-state index in [1.165, 1.54) is 32.3 Å². The Hall–Kier alpha value is -13.9. The second-order valence-corrected chi connectivity index (χ2v) is 25.6. The van der Waals surface area contributed by atoms with E-state index >= 15 is 0 Å². The van der Waals surface area contributed by atoms with E-state index < -0.39 is 0 Å². The van der Waals surface area contributed by atoms with Crippen molar-refractivity contribution in [1.82, 2.24) is 28.7 Å². The molecule has 0 saturated carbocycles. The first kappa shape index (κ1) is 59.4. The molecule has 19 rings (SSSR count). The summed E-state index contributed by atoms with van der Waals surface area (Å²) in [4.78, 5) is 23.1. The number of nitrogens with zero attached hydrogens (tertiary/aromatic N) is 9. The minimum absolute atomic E-state index is 0.555. The van der Waals surface area contributed by atoms with Gasteiger partial charge >= 0.3 is 0 Å². The van der Waals surface area contributed by atoms with Crippen LogP contribution in [0.3, 0.4) is 0 Å². The van der Waals surface area contributed by atoms with Crippen LogP contribution in [0.5, 0.6) is 0 Å². The van der Waals surface area contributed by atoms with Crippen LogP contribution in [0, 0.1) is 0 Å². The summed E-state index contributed by atoms with van der Waals surface area (Å²) in [6.07, 6.45) is 0. The lowest BCUT2D eigenvalue weighted by atomic mass is 10.1. The third-order valence-electron chi connectivity index (χ3n) is 19.6. The second-order valence-electron chi connectivity index (χ2n) is 25.6. The molecule has 4 heterocycles. The first-order valence-electron chi connectivity index (χ1n) is 34.5. The topological polar surface area (TPSA) is 63.2 Å². The van der Waals surface area contributed by atoms with Crippen molar-refractivity contribution in [2.75, 3.05) is 14.7 Å². The van der Waals surface area contributed by atoms with Gasteiger partial charge in [-0.1, -0.05) is 164 Å². The molecule has 0 N–H and O–H groups in total. The quantitative estimate of drug-likeness (QED) is 0.102. The molecule has 0 unspecified atom stereocenters. The van der Waals surface area contributed by atoms with Crippen LogP contribution >= 0.6 is 0 Å². The van der Waals surface area contributed by atoms with Gasteiger partial charge in [-0.05, 0) is 218 Å². The minimum Gasteiger partial charge on any atom is -0.310 e. The lowest BCUT2D eigenvalue weighted by Crippen LogP contribution is -2.10. The standard InChI is InChI=1S/C93H63N9/c1-7-25-67(26-8-1)97(76-55-58-88-82(61-76)79-37-19-22-40-85(79)100(88)70-31-13-4-14-32-70)73-49-43-64(44-50-73)91-94-92(65-45-51-74(52-46-65)98(68-27-9-2-10-28-68)77-56-59-89-83(62-77)80-38-20-23-41-86(80)101(89)71-33-15-5-16-34-71)96-93(95-91)66-47-53-75(54-48-66)99(69-29-11-3-12-30-69)78-57-60-90-84(63-78)81-39-21-24-42-87(81)102(90)72-35-17-6-18-36-72/h1-63H. The van der Waals surface area contributed by atoms with Crippen molar-refractivity contribution in [1.29, 1.82) is 0 Å². The fraction of sp³-hybridized carbons (Fsp3) is 0. The maximum absolute atomic E-state index is 5.39. The van der Waals surface area contributed by atoms with Crippen LogP contribution < -0.4 is 14.7 Å². The molecule has 0 bridgehead atoms. The lowest BCUT2D eigenvalue weighted by molar-refractivity contribution is 1.07. The van der Waals surface area contributed by atoms with E-state index in [0.29, 0.717) is 17.5 Å². The molecule has 0 aliphatic heterocycles. The Bertz CT molecular complexity index is 5650. The molecule has 19 aromatic rings. The molecule has 9 nitrogen and oxygen atoms in total. The predicted octanol–water partition coefficient (Wildman–Crippen LogP) is 24.6. The van der Waals surface area contributed by atoms with Gasteiger partial charge in [-0.25, -0.2) is 15.0 Å². The van der Waals surface area contributed by atoms with Crippen molar-refractivity contribution in [2.45, 2.75) is 0 Å². The molecule has 0 spiro atoms. The fourth-order valence-corrected chi connectivity index (χ4v) is 15.0. The number of hydrogen-bond donors (Lipinski definition) is 0. The van der Waals surface area contributed by atoms with Crippen molar-refractivity contribution in [3.05, 3.63) is 382 Å². The molecule has 480 valence electrons. The Kier molecular flexibility index (Phi) is 14.7. The summed E-state index contributed by atoms with van der Waals surface area (Å²) in [5.41, 5.74) is 22.0. The Morgan fingerprint density at radius 1 is 0.167 bits per heavy atom. The lowest BCUT2D eigenvalue weighted by Gasteiger charge is -2.26. The van der Waals surface area contributed by atoms with Gasteiger partial charge in [-0.3, -0.25) is 0 Å². The van der Waals surface area contributed by atoms with E-state index in [1.807, 2.05) is 0 Å². The summed E-state index contributed by atoms with van der Waals surface area (Å²) in [5.74, 6) is 1.66. The summed E-state index contributed by atoms with van der Waals surface area (Å²) in [5, 5.41) is 7.09. The molecule has 0 atom stereocenters. The van der Waals surface area contributed by atoms with Gasteiger partial charge in [-0.15, -0.1) is 0 Å². The number of anilines is 9. The highest BCUT2D eigenvalue weighted by Crippen LogP contribution is 2.45.